The van der Waals surface area contributed by atoms with Crippen LogP contribution in [0.1, 0.15) is 50.1 Å². The predicted molar refractivity (Wildman–Crippen MR) is 69.5 cm³/mol. The summed E-state index contributed by atoms with van der Waals surface area (Å²) in [6.45, 7) is 10.2. The van der Waals surface area contributed by atoms with E-state index in [9.17, 15) is 0 Å². The lowest BCUT2D eigenvalue weighted by Gasteiger charge is -2.13. The summed E-state index contributed by atoms with van der Waals surface area (Å²) in [5, 5.41) is 5.77. The van der Waals surface area contributed by atoms with Gasteiger partial charge in [0.2, 0.25) is 0 Å². The molecule has 0 saturated heterocycles. The van der Waals surface area contributed by atoms with Crippen LogP contribution in [0.3, 0.4) is 0 Å². The molecule has 0 fully saturated rings. The third-order valence-corrected chi connectivity index (χ3v) is 3.91. The van der Waals surface area contributed by atoms with Crippen LogP contribution in [0.4, 0.5) is 0 Å². The van der Waals surface area contributed by atoms with Crippen LogP contribution in [0.5, 0.6) is 0 Å². The van der Waals surface area contributed by atoms with Gasteiger partial charge >= 0.3 is 0 Å². The van der Waals surface area contributed by atoms with Crippen LogP contribution in [0.2, 0.25) is 0 Å². The Hall–Kier alpha value is -0.340. The van der Waals surface area contributed by atoms with Crippen LogP contribution in [0.15, 0.2) is 11.4 Å². The monoisotopic (exact) mass is 225 g/mol. The molecule has 15 heavy (non-hydrogen) atoms. The number of aryl methyl sites for hydroxylation is 1. The highest BCUT2D eigenvalue weighted by Gasteiger charge is 2.08. The van der Waals surface area contributed by atoms with Gasteiger partial charge in [-0.05, 0) is 56.2 Å². The highest BCUT2D eigenvalue weighted by molar-refractivity contribution is 7.10. The Kier molecular flexibility index (Phi) is 5.34. The van der Waals surface area contributed by atoms with E-state index in [4.69, 9.17) is 0 Å². The van der Waals surface area contributed by atoms with Gasteiger partial charge in [0, 0.05) is 10.9 Å². The minimum atomic E-state index is 0.511. The first-order chi connectivity index (χ1) is 7.11. The van der Waals surface area contributed by atoms with E-state index in [1.165, 1.54) is 23.3 Å². The van der Waals surface area contributed by atoms with Gasteiger partial charge in [-0.25, -0.2) is 0 Å². The lowest BCUT2D eigenvalue weighted by molar-refractivity contribution is 0.499. The minimum Gasteiger partial charge on any atom is -0.309 e. The fourth-order valence-electron chi connectivity index (χ4n) is 1.75. The van der Waals surface area contributed by atoms with Gasteiger partial charge in [0.1, 0.15) is 0 Å². The molecular weight excluding hydrogens is 202 g/mol. The summed E-state index contributed by atoms with van der Waals surface area (Å²) in [5.74, 6) is 0.825. The van der Waals surface area contributed by atoms with E-state index in [1.54, 1.807) is 0 Å². The third kappa shape index (κ3) is 4.35. The fourth-order valence-corrected chi connectivity index (χ4v) is 2.71. The molecule has 1 unspecified atom stereocenters. The average molecular weight is 225 g/mol. The molecule has 1 N–H and O–H groups in total. The maximum absolute atomic E-state index is 3.59. The topological polar surface area (TPSA) is 12.0 Å². The van der Waals surface area contributed by atoms with Crippen molar-refractivity contribution in [2.45, 2.75) is 46.6 Å². The molecule has 1 nitrogen and oxygen atoms in total. The molecule has 0 aromatic carbocycles. The summed E-state index contributed by atoms with van der Waals surface area (Å²) < 4.78 is 0. The molecule has 0 amide bonds. The molecule has 0 bridgehead atoms. The molecule has 1 aromatic heterocycles. The summed E-state index contributed by atoms with van der Waals surface area (Å²) in [5.41, 5.74) is 1.42. The molecule has 86 valence electrons. The SMILES string of the molecule is Cc1ccsc1C(C)NCCCC(C)C. The van der Waals surface area contributed by atoms with Crippen LogP contribution < -0.4 is 5.32 Å². The summed E-state index contributed by atoms with van der Waals surface area (Å²) >= 11 is 1.86. The first-order valence-electron chi connectivity index (χ1n) is 5.88. The van der Waals surface area contributed by atoms with E-state index < -0.39 is 0 Å². The van der Waals surface area contributed by atoms with Crippen molar-refractivity contribution in [1.29, 1.82) is 0 Å². The summed E-state index contributed by atoms with van der Waals surface area (Å²) in [7, 11) is 0. The molecule has 0 radical (unpaired) electrons. The molecule has 1 rings (SSSR count). The van der Waals surface area contributed by atoms with Crippen molar-refractivity contribution < 1.29 is 0 Å². The fraction of sp³-hybridized carbons (Fsp3) is 0.692. The maximum Gasteiger partial charge on any atom is 0.0388 e. The van der Waals surface area contributed by atoms with Gasteiger partial charge in [0.05, 0.1) is 0 Å². The molecular formula is C13H23NS. The summed E-state index contributed by atoms with van der Waals surface area (Å²) in [4.78, 5) is 1.49. The van der Waals surface area contributed by atoms with Gasteiger partial charge in [0.25, 0.3) is 0 Å². The lowest BCUT2D eigenvalue weighted by Crippen LogP contribution is -2.19. The zero-order valence-electron chi connectivity index (χ0n) is 10.3. The normalized spacial score (nSPS) is 13.4. The number of thiophene rings is 1. The van der Waals surface area contributed by atoms with Crippen molar-refractivity contribution in [3.63, 3.8) is 0 Å². The van der Waals surface area contributed by atoms with Gasteiger partial charge in [-0.1, -0.05) is 13.8 Å². The Balaban J connectivity index is 2.25. The van der Waals surface area contributed by atoms with Gasteiger partial charge in [-0.15, -0.1) is 11.3 Å². The molecule has 0 aliphatic rings. The molecule has 0 saturated carbocycles. The molecule has 0 aliphatic carbocycles. The maximum atomic E-state index is 3.59. The van der Waals surface area contributed by atoms with Gasteiger partial charge in [-0.3, -0.25) is 0 Å². The zero-order valence-corrected chi connectivity index (χ0v) is 11.2. The standard InChI is InChI=1S/C13H23NS/c1-10(2)6-5-8-14-12(4)13-11(3)7-9-15-13/h7,9-10,12,14H,5-6,8H2,1-4H3. The van der Waals surface area contributed by atoms with Crippen molar-refractivity contribution in [2.24, 2.45) is 5.92 Å². The average Bonchev–Trinajstić information content (AvgIpc) is 2.58. The summed E-state index contributed by atoms with van der Waals surface area (Å²) in [6, 6.07) is 2.71. The van der Waals surface area contributed by atoms with E-state index in [1.807, 2.05) is 11.3 Å². The van der Waals surface area contributed by atoms with Crippen molar-refractivity contribution in [1.82, 2.24) is 5.32 Å². The lowest BCUT2D eigenvalue weighted by atomic mass is 10.1. The van der Waals surface area contributed by atoms with Gasteiger partial charge in [-0.2, -0.15) is 0 Å². The van der Waals surface area contributed by atoms with Crippen LogP contribution >= 0.6 is 11.3 Å². The smallest absolute Gasteiger partial charge is 0.0388 e. The van der Waals surface area contributed by atoms with E-state index >= 15 is 0 Å². The minimum absolute atomic E-state index is 0.511. The predicted octanol–water partition coefficient (Wildman–Crippen LogP) is 4.14. The van der Waals surface area contributed by atoms with E-state index in [0.717, 1.165) is 12.5 Å². The Labute approximate surface area is 97.9 Å². The van der Waals surface area contributed by atoms with Crippen molar-refractivity contribution in [3.05, 3.63) is 21.9 Å². The first-order valence-corrected chi connectivity index (χ1v) is 6.76. The Morgan fingerprint density at radius 1 is 1.33 bits per heavy atom. The molecule has 2 heteroatoms. The second-order valence-electron chi connectivity index (χ2n) is 4.68. The highest BCUT2D eigenvalue weighted by atomic mass is 32.1. The van der Waals surface area contributed by atoms with Crippen LogP contribution in [-0.2, 0) is 0 Å². The third-order valence-electron chi connectivity index (χ3n) is 2.70. The Morgan fingerprint density at radius 3 is 2.60 bits per heavy atom. The van der Waals surface area contributed by atoms with Crippen LogP contribution in [0, 0.1) is 12.8 Å². The molecule has 1 atom stereocenters. The first kappa shape index (κ1) is 12.7. The highest BCUT2D eigenvalue weighted by Crippen LogP contribution is 2.23. The number of hydrogen-bond acceptors (Lipinski definition) is 2. The number of nitrogens with one attached hydrogen (secondary N) is 1. The second-order valence-corrected chi connectivity index (χ2v) is 5.63. The van der Waals surface area contributed by atoms with Crippen LogP contribution in [-0.4, -0.2) is 6.54 Å². The van der Waals surface area contributed by atoms with Crippen molar-refractivity contribution >= 4 is 11.3 Å². The van der Waals surface area contributed by atoms with Gasteiger partial charge < -0.3 is 5.32 Å². The zero-order chi connectivity index (χ0) is 11.3. The number of rotatable bonds is 6. The number of hydrogen-bond donors (Lipinski definition) is 1. The summed E-state index contributed by atoms with van der Waals surface area (Å²) in [6.07, 6.45) is 2.61. The largest absolute Gasteiger partial charge is 0.309 e. The van der Waals surface area contributed by atoms with E-state index in [2.05, 4.69) is 44.5 Å². The van der Waals surface area contributed by atoms with Crippen molar-refractivity contribution in [3.8, 4) is 0 Å². The van der Waals surface area contributed by atoms with E-state index in [0.29, 0.717) is 6.04 Å². The molecule has 1 heterocycles. The molecule has 1 aromatic rings. The van der Waals surface area contributed by atoms with Crippen molar-refractivity contribution in [2.75, 3.05) is 6.54 Å². The quantitative estimate of drug-likeness (QED) is 0.717. The van der Waals surface area contributed by atoms with Gasteiger partial charge in [0.15, 0.2) is 0 Å². The molecule has 0 aliphatic heterocycles. The molecule has 0 spiro atoms. The Morgan fingerprint density at radius 2 is 2.07 bits per heavy atom. The Bertz CT molecular complexity index is 278. The van der Waals surface area contributed by atoms with Crippen LogP contribution in [0.25, 0.3) is 0 Å². The van der Waals surface area contributed by atoms with E-state index in [-0.39, 0.29) is 0 Å². The second kappa shape index (κ2) is 6.29.